The third-order valence-electron chi connectivity index (χ3n) is 9.73. The van der Waals surface area contributed by atoms with Crippen LogP contribution >= 0.6 is 0 Å². The minimum Gasteiger partial charge on any atom is -0.484 e. The van der Waals surface area contributed by atoms with E-state index < -0.39 is 22.4 Å². The lowest BCUT2D eigenvalue weighted by Gasteiger charge is -2.29. The number of ether oxygens (including phenoxy) is 4. The van der Waals surface area contributed by atoms with Gasteiger partial charge in [0.05, 0.1) is 11.4 Å². The van der Waals surface area contributed by atoms with Gasteiger partial charge < -0.3 is 23.8 Å². The average Bonchev–Trinajstić information content (AvgIpc) is 3.15. The molecular weight excluding hydrogens is 765 g/mol. The second kappa shape index (κ2) is 17.2. The Morgan fingerprint density at radius 1 is 0.403 bits per heavy atom. The maximum absolute atomic E-state index is 6.76. The number of aryl methyl sites for hydroxylation is 1. The molecule has 0 saturated heterocycles. The number of pyridine rings is 1. The number of benzene rings is 5. The van der Waals surface area contributed by atoms with E-state index in [-0.39, 0.29) is 5.41 Å². The zero-order chi connectivity index (χ0) is 45.4. The molecule has 0 aliphatic heterocycles. The van der Waals surface area contributed by atoms with Crippen LogP contribution in [0.1, 0.15) is 115 Å². The Bertz CT molecular complexity index is 2370. The van der Waals surface area contributed by atoms with Gasteiger partial charge in [0.25, 0.3) is 0 Å². The molecular formula is C56H68N2O4. The molecule has 0 aliphatic rings. The number of anilines is 3. The molecule has 62 heavy (non-hydrogen) atoms. The summed E-state index contributed by atoms with van der Waals surface area (Å²) < 4.78 is 26.6. The van der Waals surface area contributed by atoms with Crippen LogP contribution in [-0.4, -0.2) is 27.4 Å². The standard InChI is InChI=1S/C56H68N2O4/c1-37-23-29-41(30-24-37)58(43-33-27-40(28-34-43)52(2,3)4)42-31-25-38(26-32-42)39-35-46(44-19-17-21-48(59-53(5,6)7)50(44)61-55(11,12)13)57-47(36-39)45-20-18-22-49(60-54(8,9)10)51(45)62-56(14,15)16/h17-36H,1-16H3. The lowest BCUT2D eigenvalue weighted by Crippen LogP contribution is -2.27. The summed E-state index contributed by atoms with van der Waals surface area (Å²) in [4.78, 5) is 7.75. The Morgan fingerprint density at radius 3 is 1.15 bits per heavy atom. The van der Waals surface area contributed by atoms with Crippen molar-refractivity contribution in [2.45, 2.75) is 139 Å². The van der Waals surface area contributed by atoms with E-state index >= 15 is 0 Å². The molecule has 6 aromatic rings. The van der Waals surface area contributed by atoms with E-state index in [1.54, 1.807) is 0 Å². The van der Waals surface area contributed by atoms with Gasteiger partial charge in [-0.15, -0.1) is 0 Å². The molecule has 0 aliphatic carbocycles. The third-order valence-corrected chi connectivity index (χ3v) is 9.73. The summed E-state index contributed by atoms with van der Waals surface area (Å²) in [5.74, 6) is 2.60. The van der Waals surface area contributed by atoms with E-state index in [1.165, 1.54) is 11.1 Å². The van der Waals surface area contributed by atoms with E-state index in [0.29, 0.717) is 23.0 Å². The van der Waals surface area contributed by atoms with Gasteiger partial charge in [0.15, 0.2) is 23.0 Å². The lowest BCUT2D eigenvalue weighted by atomic mass is 9.87. The highest BCUT2D eigenvalue weighted by Gasteiger charge is 2.27. The van der Waals surface area contributed by atoms with Crippen LogP contribution in [0.3, 0.4) is 0 Å². The SMILES string of the molecule is Cc1ccc(N(c2ccc(-c3cc(-c4cccc(OC(C)(C)C)c4OC(C)(C)C)nc(-c4cccc(OC(C)(C)C)c4OC(C)(C)C)c3)cc2)c2ccc(C(C)(C)C)cc2)cc1. The summed E-state index contributed by atoms with van der Waals surface area (Å²) in [7, 11) is 0. The Hall–Kier alpha value is -5.75. The second-order valence-electron chi connectivity index (χ2n) is 21.3. The van der Waals surface area contributed by atoms with Crippen LogP contribution in [0.25, 0.3) is 33.6 Å². The van der Waals surface area contributed by atoms with E-state index in [9.17, 15) is 0 Å². The molecule has 0 N–H and O–H groups in total. The first kappa shape index (κ1) is 45.8. The quantitative estimate of drug-likeness (QED) is 0.137. The molecule has 0 radical (unpaired) electrons. The second-order valence-corrected chi connectivity index (χ2v) is 21.3. The fourth-order valence-corrected chi connectivity index (χ4v) is 7.11. The van der Waals surface area contributed by atoms with E-state index in [2.05, 4.69) is 171 Å². The number of nitrogens with zero attached hydrogens (tertiary/aromatic N) is 2. The van der Waals surface area contributed by atoms with Crippen molar-refractivity contribution in [3.63, 3.8) is 0 Å². The van der Waals surface area contributed by atoms with Crippen molar-refractivity contribution in [2.24, 2.45) is 0 Å². The monoisotopic (exact) mass is 833 g/mol. The van der Waals surface area contributed by atoms with Crippen molar-refractivity contribution in [3.8, 4) is 56.6 Å². The minimum absolute atomic E-state index is 0.0538. The molecule has 326 valence electrons. The minimum atomic E-state index is -0.509. The van der Waals surface area contributed by atoms with E-state index in [1.807, 2.05) is 65.8 Å². The predicted molar refractivity (Wildman–Crippen MR) is 260 cm³/mol. The molecule has 0 saturated carbocycles. The van der Waals surface area contributed by atoms with Gasteiger partial charge in [0, 0.05) is 28.2 Å². The topological polar surface area (TPSA) is 53.1 Å². The maximum atomic E-state index is 6.76. The van der Waals surface area contributed by atoms with Gasteiger partial charge in [0.2, 0.25) is 0 Å². The molecule has 1 aromatic heterocycles. The highest BCUT2D eigenvalue weighted by molar-refractivity contribution is 5.84. The zero-order valence-corrected chi connectivity index (χ0v) is 40.1. The van der Waals surface area contributed by atoms with Crippen LogP contribution in [0.15, 0.2) is 121 Å². The molecule has 0 fully saturated rings. The molecule has 6 nitrogen and oxygen atoms in total. The Balaban J connectivity index is 1.58. The summed E-state index contributed by atoms with van der Waals surface area (Å²) in [5, 5.41) is 0. The summed E-state index contributed by atoms with van der Waals surface area (Å²) in [5.41, 5.74) is 9.03. The first-order chi connectivity index (χ1) is 28.7. The van der Waals surface area contributed by atoms with Gasteiger partial charge >= 0.3 is 0 Å². The average molecular weight is 833 g/mol. The first-order valence-electron chi connectivity index (χ1n) is 21.9. The summed E-state index contributed by atoms with van der Waals surface area (Å²) in [6.45, 7) is 33.5. The van der Waals surface area contributed by atoms with E-state index in [4.69, 9.17) is 23.9 Å². The van der Waals surface area contributed by atoms with Crippen LogP contribution in [0.5, 0.6) is 23.0 Å². The number of hydrogen-bond donors (Lipinski definition) is 0. The molecule has 1 heterocycles. The molecule has 0 unspecified atom stereocenters. The smallest absolute Gasteiger partial charge is 0.171 e. The molecule has 5 aromatic carbocycles. The van der Waals surface area contributed by atoms with Crippen LogP contribution in [0.2, 0.25) is 0 Å². The van der Waals surface area contributed by atoms with Crippen LogP contribution in [-0.2, 0) is 5.41 Å². The Morgan fingerprint density at radius 2 is 0.774 bits per heavy atom. The molecule has 0 atom stereocenters. The Kier molecular flexibility index (Phi) is 12.7. The van der Waals surface area contributed by atoms with Crippen LogP contribution in [0, 0.1) is 6.92 Å². The molecule has 6 rings (SSSR count). The number of para-hydroxylation sites is 2. The molecule has 0 bridgehead atoms. The van der Waals surface area contributed by atoms with E-state index in [0.717, 1.165) is 50.7 Å². The van der Waals surface area contributed by atoms with Crippen molar-refractivity contribution >= 4 is 17.1 Å². The maximum Gasteiger partial charge on any atom is 0.171 e. The van der Waals surface area contributed by atoms with Gasteiger partial charge in [-0.1, -0.05) is 74.9 Å². The van der Waals surface area contributed by atoms with Crippen molar-refractivity contribution < 1.29 is 18.9 Å². The molecule has 6 heteroatoms. The highest BCUT2D eigenvalue weighted by Crippen LogP contribution is 2.46. The summed E-state index contributed by atoms with van der Waals surface area (Å²) >= 11 is 0. The van der Waals surface area contributed by atoms with Crippen molar-refractivity contribution in [1.29, 1.82) is 0 Å². The largest absolute Gasteiger partial charge is 0.484 e. The van der Waals surface area contributed by atoms with Gasteiger partial charge in [-0.3, -0.25) is 0 Å². The van der Waals surface area contributed by atoms with Crippen molar-refractivity contribution in [3.05, 3.63) is 132 Å². The summed E-state index contributed by atoms with van der Waals surface area (Å²) in [6, 6.07) is 42.8. The van der Waals surface area contributed by atoms with Crippen LogP contribution < -0.4 is 23.8 Å². The zero-order valence-electron chi connectivity index (χ0n) is 40.1. The number of aromatic nitrogens is 1. The fourth-order valence-electron chi connectivity index (χ4n) is 7.11. The summed E-state index contributed by atoms with van der Waals surface area (Å²) in [6.07, 6.45) is 0. The van der Waals surface area contributed by atoms with Gasteiger partial charge in [-0.05, 0) is 185 Å². The van der Waals surface area contributed by atoms with Gasteiger partial charge in [-0.2, -0.15) is 0 Å². The van der Waals surface area contributed by atoms with Gasteiger partial charge in [0.1, 0.15) is 22.4 Å². The van der Waals surface area contributed by atoms with Gasteiger partial charge in [-0.25, -0.2) is 4.98 Å². The molecule has 0 spiro atoms. The van der Waals surface area contributed by atoms with Crippen LogP contribution in [0.4, 0.5) is 17.1 Å². The third kappa shape index (κ3) is 11.8. The van der Waals surface area contributed by atoms with Crippen molar-refractivity contribution in [2.75, 3.05) is 4.90 Å². The number of rotatable bonds is 10. The van der Waals surface area contributed by atoms with Crippen molar-refractivity contribution in [1.82, 2.24) is 4.98 Å². The fraction of sp³-hybridized carbons (Fsp3) is 0.375. The normalized spacial score (nSPS) is 12.5. The molecule has 0 amide bonds. The number of hydrogen-bond acceptors (Lipinski definition) is 6. The first-order valence-corrected chi connectivity index (χ1v) is 21.9. The highest BCUT2D eigenvalue weighted by atomic mass is 16.5. The lowest BCUT2D eigenvalue weighted by molar-refractivity contribution is 0.0963. The predicted octanol–water partition coefficient (Wildman–Crippen LogP) is 15.9. The Labute approximate surface area is 372 Å².